The lowest BCUT2D eigenvalue weighted by molar-refractivity contribution is -0.218. The maximum absolute atomic E-state index is 12.3. The van der Waals surface area contributed by atoms with E-state index in [-0.39, 0.29) is 11.9 Å². The van der Waals surface area contributed by atoms with Crippen LogP contribution in [0, 0.1) is 25.7 Å². The minimum absolute atomic E-state index is 0.0226. The van der Waals surface area contributed by atoms with Gasteiger partial charge in [-0.3, -0.25) is 4.79 Å². The summed E-state index contributed by atoms with van der Waals surface area (Å²) >= 11 is 0. The fourth-order valence-corrected chi connectivity index (χ4v) is 3.16. The average Bonchev–Trinajstić information content (AvgIpc) is 2.80. The Kier molecular flexibility index (Phi) is 12.5. The van der Waals surface area contributed by atoms with Gasteiger partial charge in [0.15, 0.2) is 5.75 Å². The Hall–Kier alpha value is -2.33. The zero-order valence-electron chi connectivity index (χ0n) is 19.4. The van der Waals surface area contributed by atoms with Crippen molar-refractivity contribution in [2.45, 2.75) is 67.2 Å². The van der Waals surface area contributed by atoms with Crippen LogP contribution in [0.4, 0.5) is 0 Å². The van der Waals surface area contributed by atoms with Crippen molar-refractivity contribution in [3.63, 3.8) is 0 Å². The summed E-state index contributed by atoms with van der Waals surface area (Å²) in [6.07, 6.45) is 3.57. The number of aryl methyl sites for hydroxylation is 2. The second kappa shape index (κ2) is 14.6. The maximum atomic E-state index is 12.3. The zero-order chi connectivity index (χ0) is 22.4. The number of esters is 1. The van der Waals surface area contributed by atoms with E-state index >= 15 is 0 Å². The van der Waals surface area contributed by atoms with E-state index in [4.69, 9.17) is 14.5 Å². The Morgan fingerprint density at radius 1 is 0.767 bits per heavy atom. The van der Waals surface area contributed by atoms with Gasteiger partial charge in [0.1, 0.15) is 5.75 Å². The number of carbonyl (C=O) groups is 1. The number of rotatable bonds is 6. The van der Waals surface area contributed by atoms with E-state index in [1.807, 2.05) is 90.1 Å². The van der Waals surface area contributed by atoms with Crippen LogP contribution in [-0.4, -0.2) is 12.6 Å². The van der Waals surface area contributed by atoms with Gasteiger partial charge in [-0.25, -0.2) is 0 Å². The third-order valence-corrected chi connectivity index (χ3v) is 4.90. The van der Waals surface area contributed by atoms with Gasteiger partial charge in [0, 0.05) is 0 Å². The molecule has 4 heteroatoms. The minimum Gasteiger partial charge on any atom is -0.426 e. The highest BCUT2D eigenvalue weighted by molar-refractivity contribution is 5.75. The molecular formula is C26H38O4. The molecule has 0 radical (unpaired) electrons. The monoisotopic (exact) mass is 414 g/mol. The van der Waals surface area contributed by atoms with E-state index in [1.165, 1.54) is 5.56 Å². The van der Waals surface area contributed by atoms with E-state index < -0.39 is 0 Å². The summed E-state index contributed by atoms with van der Waals surface area (Å²) in [4.78, 5) is 23.0. The highest BCUT2D eigenvalue weighted by Gasteiger charge is 2.28. The van der Waals surface area contributed by atoms with Crippen LogP contribution in [-0.2, 0) is 9.68 Å². The van der Waals surface area contributed by atoms with Crippen molar-refractivity contribution in [2.24, 2.45) is 11.8 Å². The van der Waals surface area contributed by atoms with Crippen molar-refractivity contribution in [1.82, 2.24) is 0 Å². The highest BCUT2D eigenvalue weighted by Crippen LogP contribution is 2.30. The number of hydrogen-bond acceptors (Lipinski definition) is 4. The second-order valence-electron chi connectivity index (χ2n) is 7.13. The molecule has 3 rings (SSSR count). The molecule has 30 heavy (non-hydrogen) atoms. The Bertz CT molecular complexity index is 699. The van der Waals surface area contributed by atoms with Crippen LogP contribution in [0.1, 0.15) is 64.5 Å². The summed E-state index contributed by atoms with van der Waals surface area (Å²) in [7, 11) is 0. The largest absolute Gasteiger partial charge is 0.426 e. The number of benzene rings is 2. The van der Waals surface area contributed by atoms with Gasteiger partial charge >= 0.3 is 5.97 Å². The molecule has 1 aliphatic carbocycles. The molecule has 0 aromatic heterocycles. The summed E-state index contributed by atoms with van der Waals surface area (Å²) in [6.45, 7) is 12.6. The first-order chi connectivity index (χ1) is 14.6. The predicted molar refractivity (Wildman–Crippen MR) is 123 cm³/mol. The predicted octanol–water partition coefficient (Wildman–Crippen LogP) is 7.08. The van der Waals surface area contributed by atoms with Crippen LogP contribution in [0.2, 0.25) is 0 Å². The zero-order valence-corrected chi connectivity index (χ0v) is 19.4. The average molecular weight is 415 g/mol. The molecule has 4 nitrogen and oxygen atoms in total. The first-order valence-electron chi connectivity index (χ1n) is 11.2. The van der Waals surface area contributed by atoms with Gasteiger partial charge < -0.3 is 9.62 Å². The topological polar surface area (TPSA) is 44.8 Å². The molecule has 0 bridgehead atoms. The van der Waals surface area contributed by atoms with E-state index in [9.17, 15) is 4.79 Å². The fourth-order valence-electron chi connectivity index (χ4n) is 3.16. The Morgan fingerprint density at radius 3 is 1.73 bits per heavy atom. The van der Waals surface area contributed by atoms with Crippen molar-refractivity contribution in [1.29, 1.82) is 0 Å². The highest BCUT2D eigenvalue weighted by atomic mass is 17.2. The molecule has 0 aliphatic heterocycles. The van der Waals surface area contributed by atoms with Crippen molar-refractivity contribution in [2.75, 3.05) is 6.61 Å². The van der Waals surface area contributed by atoms with Crippen LogP contribution in [0.5, 0.6) is 11.5 Å². The lowest BCUT2D eigenvalue weighted by Gasteiger charge is -2.26. The van der Waals surface area contributed by atoms with Crippen LogP contribution in [0.25, 0.3) is 0 Å². The molecule has 1 saturated carbocycles. The molecule has 0 saturated heterocycles. The Morgan fingerprint density at radius 2 is 1.23 bits per heavy atom. The summed E-state index contributed by atoms with van der Waals surface area (Å²) in [5.74, 6) is 1.61. The summed E-state index contributed by atoms with van der Waals surface area (Å²) in [6, 6.07) is 15.4. The Labute approximate surface area is 182 Å². The second-order valence-corrected chi connectivity index (χ2v) is 7.13. The van der Waals surface area contributed by atoms with Gasteiger partial charge in [-0.2, -0.15) is 4.89 Å². The molecule has 0 N–H and O–H groups in total. The molecule has 1 aliphatic rings. The van der Waals surface area contributed by atoms with Gasteiger partial charge in [0.2, 0.25) is 0 Å². The van der Waals surface area contributed by atoms with Crippen LogP contribution in [0.15, 0.2) is 48.5 Å². The summed E-state index contributed by atoms with van der Waals surface area (Å²) in [5.41, 5.74) is 2.34. The smallest absolute Gasteiger partial charge is 0.314 e. The van der Waals surface area contributed by atoms with E-state index in [1.54, 1.807) is 0 Å². The standard InChI is InChI=1S/C22H26O4.2C2H6/c1-16-3-11-20(12-4-16)25-22(23)19-9-7-18(8-10-19)15-24-26-21-13-5-17(2)6-14-21;2*1-2/h3-6,11-14,18-19H,7-10,15H2,1-2H3;2*1-2H3. The molecule has 166 valence electrons. The van der Waals surface area contributed by atoms with Crippen molar-refractivity contribution < 1.29 is 19.3 Å². The van der Waals surface area contributed by atoms with Crippen molar-refractivity contribution in [3.8, 4) is 11.5 Å². The molecule has 2 aromatic rings. The van der Waals surface area contributed by atoms with E-state index in [2.05, 4.69) is 0 Å². The summed E-state index contributed by atoms with van der Waals surface area (Å²) < 4.78 is 5.50. The van der Waals surface area contributed by atoms with Crippen LogP contribution in [0.3, 0.4) is 0 Å². The molecule has 2 aromatic carbocycles. The SMILES string of the molecule is CC.CC.Cc1ccc(OOCC2CCC(C(=O)Oc3ccc(C)cc3)CC2)cc1. The van der Waals surface area contributed by atoms with Crippen molar-refractivity contribution >= 4 is 5.97 Å². The molecule has 1 fully saturated rings. The fraction of sp³-hybridized carbons (Fsp3) is 0.500. The Balaban J connectivity index is 0.00000106. The summed E-state index contributed by atoms with van der Waals surface area (Å²) in [5, 5.41) is 0. The first-order valence-corrected chi connectivity index (χ1v) is 11.2. The molecule has 0 unspecified atom stereocenters. The van der Waals surface area contributed by atoms with E-state index in [0.717, 1.165) is 31.2 Å². The van der Waals surface area contributed by atoms with Crippen LogP contribution < -0.4 is 9.62 Å². The maximum Gasteiger partial charge on any atom is 0.314 e. The van der Waals surface area contributed by atoms with Crippen molar-refractivity contribution in [3.05, 3.63) is 59.7 Å². The molecular weight excluding hydrogens is 376 g/mol. The molecule has 0 amide bonds. The third kappa shape index (κ3) is 9.00. The molecule has 0 spiro atoms. The lowest BCUT2D eigenvalue weighted by Crippen LogP contribution is -2.27. The van der Waals surface area contributed by atoms with Gasteiger partial charge in [0.25, 0.3) is 0 Å². The molecule has 0 heterocycles. The quantitative estimate of drug-likeness (QED) is 0.219. The minimum atomic E-state index is -0.121. The van der Waals surface area contributed by atoms with Gasteiger partial charge in [-0.15, -0.1) is 0 Å². The number of hydrogen-bond donors (Lipinski definition) is 0. The number of carbonyl (C=O) groups excluding carboxylic acids is 1. The lowest BCUT2D eigenvalue weighted by atomic mass is 9.82. The third-order valence-electron chi connectivity index (χ3n) is 4.90. The van der Waals surface area contributed by atoms with Gasteiger partial charge in [-0.1, -0.05) is 63.1 Å². The first kappa shape index (κ1) is 25.7. The van der Waals surface area contributed by atoms with Crippen LogP contribution >= 0.6 is 0 Å². The van der Waals surface area contributed by atoms with E-state index in [0.29, 0.717) is 24.0 Å². The van der Waals surface area contributed by atoms with Gasteiger partial charge in [0.05, 0.1) is 12.5 Å². The molecule has 0 atom stereocenters. The number of ether oxygens (including phenoxy) is 1. The normalized spacial score (nSPS) is 17.5. The van der Waals surface area contributed by atoms with Gasteiger partial charge in [-0.05, 0) is 69.7 Å².